The Balaban J connectivity index is 1.54. The zero-order valence-corrected chi connectivity index (χ0v) is 13.0. The first-order valence-electron chi connectivity index (χ1n) is 8.31. The molecule has 2 amide bonds. The normalized spacial score (nSPS) is 27.4. The summed E-state index contributed by atoms with van der Waals surface area (Å²) in [6.45, 7) is 3.66. The van der Waals surface area contributed by atoms with Crippen LogP contribution in [0, 0.1) is 12.8 Å². The Morgan fingerprint density at radius 1 is 1.18 bits per heavy atom. The van der Waals surface area contributed by atoms with Crippen molar-refractivity contribution in [3.63, 3.8) is 0 Å². The van der Waals surface area contributed by atoms with Gasteiger partial charge in [0, 0.05) is 25.1 Å². The van der Waals surface area contributed by atoms with E-state index in [1.165, 1.54) is 12.8 Å². The molecule has 3 aliphatic rings. The Bertz CT molecular complexity index is 623. The summed E-state index contributed by atoms with van der Waals surface area (Å²) in [5.74, 6) is 1.04. The van der Waals surface area contributed by atoms with Gasteiger partial charge in [0.2, 0.25) is 5.91 Å². The van der Waals surface area contributed by atoms with E-state index in [-0.39, 0.29) is 23.9 Å². The molecule has 1 aromatic rings. The van der Waals surface area contributed by atoms with Crippen LogP contribution in [0.4, 0.5) is 0 Å². The number of aryl methyl sites for hydroxylation is 1. The average Bonchev–Trinajstić information content (AvgIpc) is 3.16. The molecule has 22 heavy (non-hydrogen) atoms. The van der Waals surface area contributed by atoms with E-state index in [9.17, 15) is 9.59 Å². The molecule has 2 saturated heterocycles. The van der Waals surface area contributed by atoms with Gasteiger partial charge in [0.15, 0.2) is 0 Å². The fraction of sp³-hybridized carbons (Fsp3) is 0.556. The molecule has 2 aliphatic heterocycles. The van der Waals surface area contributed by atoms with Crippen LogP contribution in [0.1, 0.15) is 41.6 Å². The maximum Gasteiger partial charge on any atom is 0.254 e. The predicted molar refractivity (Wildman–Crippen MR) is 83.5 cm³/mol. The Kier molecular flexibility index (Phi) is 3.21. The number of nitrogens with zero attached hydrogens (tertiary/aromatic N) is 2. The fourth-order valence-electron chi connectivity index (χ4n) is 3.96. The highest BCUT2D eigenvalue weighted by Crippen LogP contribution is 2.38. The number of hydrogen-bond donors (Lipinski definition) is 0. The van der Waals surface area contributed by atoms with Gasteiger partial charge in [-0.3, -0.25) is 9.59 Å². The van der Waals surface area contributed by atoms with E-state index in [0.717, 1.165) is 30.6 Å². The third kappa shape index (κ3) is 2.21. The van der Waals surface area contributed by atoms with E-state index in [0.29, 0.717) is 12.3 Å². The van der Waals surface area contributed by atoms with E-state index in [1.54, 1.807) is 0 Å². The molecule has 3 fully saturated rings. The minimum atomic E-state index is 0.0818. The lowest BCUT2D eigenvalue weighted by atomic mass is 10.1. The Labute approximate surface area is 131 Å². The summed E-state index contributed by atoms with van der Waals surface area (Å²) < 4.78 is 0. The van der Waals surface area contributed by atoms with Crippen LogP contribution in [-0.2, 0) is 4.79 Å². The highest BCUT2D eigenvalue weighted by molar-refractivity contribution is 5.96. The monoisotopic (exact) mass is 298 g/mol. The number of likely N-dealkylation sites (tertiary alicyclic amines) is 2. The Hall–Kier alpha value is -1.84. The summed E-state index contributed by atoms with van der Waals surface area (Å²) in [5, 5.41) is 0. The third-order valence-electron chi connectivity index (χ3n) is 5.40. The van der Waals surface area contributed by atoms with Gasteiger partial charge in [-0.1, -0.05) is 18.2 Å². The summed E-state index contributed by atoms with van der Waals surface area (Å²) >= 11 is 0. The smallest absolute Gasteiger partial charge is 0.254 e. The van der Waals surface area contributed by atoms with Crippen LogP contribution in [0.15, 0.2) is 24.3 Å². The molecule has 2 unspecified atom stereocenters. The van der Waals surface area contributed by atoms with Gasteiger partial charge >= 0.3 is 0 Å². The first-order valence-corrected chi connectivity index (χ1v) is 8.31. The molecule has 2 heterocycles. The molecule has 0 radical (unpaired) electrons. The maximum absolute atomic E-state index is 12.9. The summed E-state index contributed by atoms with van der Waals surface area (Å²) in [7, 11) is 0. The molecule has 116 valence electrons. The van der Waals surface area contributed by atoms with Crippen LogP contribution in [0.5, 0.6) is 0 Å². The molecule has 4 nitrogen and oxygen atoms in total. The van der Waals surface area contributed by atoms with Gasteiger partial charge in [0.25, 0.3) is 5.91 Å². The third-order valence-corrected chi connectivity index (χ3v) is 5.40. The number of benzene rings is 1. The first-order chi connectivity index (χ1) is 10.6. The summed E-state index contributed by atoms with van der Waals surface area (Å²) in [6.07, 6.45) is 3.95. The van der Waals surface area contributed by atoms with Crippen molar-refractivity contribution < 1.29 is 9.59 Å². The van der Waals surface area contributed by atoms with Crippen molar-refractivity contribution in [3.8, 4) is 0 Å². The van der Waals surface area contributed by atoms with Gasteiger partial charge in [-0.15, -0.1) is 0 Å². The zero-order valence-electron chi connectivity index (χ0n) is 13.0. The largest absolute Gasteiger partial charge is 0.337 e. The molecule has 4 rings (SSSR count). The molecule has 0 N–H and O–H groups in total. The second-order valence-corrected chi connectivity index (χ2v) is 6.93. The number of carbonyl (C=O) groups excluding carboxylic acids is 2. The molecular weight excluding hydrogens is 276 g/mol. The summed E-state index contributed by atoms with van der Waals surface area (Å²) in [4.78, 5) is 29.2. The Morgan fingerprint density at radius 3 is 2.68 bits per heavy atom. The van der Waals surface area contributed by atoms with Gasteiger partial charge in [-0.2, -0.15) is 0 Å². The fourth-order valence-corrected chi connectivity index (χ4v) is 3.96. The van der Waals surface area contributed by atoms with Gasteiger partial charge in [-0.05, 0) is 43.7 Å². The van der Waals surface area contributed by atoms with Crippen molar-refractivity contribution in [2.24, 2.45) is 5.92 Å². The quantitative estimate of drug-likeness (QED) is 0.858. The lowest BCUT2D eigenvalue weighted by Gasteiger charge is -2.25. The predicted octanol–water partition coefficient (Wildman–Crippen LogP) is 2.22. The number of fused-ring (bicyclic) bond motifs is 1. The Morgan fingerprint density at radius 2 is 1.95 bits per heavy atom. The highest BCUT2D eigenvalue weighted by atomic mass is 16.2. The minimum absolute atomic E-state index is 0.0818. The van der Waals surface area contributed by atoms with Gasteiger partial charge in [0.05, 0.1) is 12.1 Å². The van der Waals surface area contributed by atoms with E-state index in [4.69, 9.17) is 0 Å². The van der Waals surface area contributed by atoms with Crippen molar-refractivity contribution in [1.82, 2.24) is 9.80 Å². The van der Waals surface area contributed by atoms with Crippen LogP contribution in [-0.4, -0.2) is 46.8 Å². The molecule has 2 atom stereocenters. The SMILES string of the molecule is Cc1ccccc1C(=O)N1CCC2C1CC(=O)N2CC1CC1. The van der Waals surface area contributed by atoms with Crippen LogP contribution in [0.25, 0.3) is 0 Å². The van der Waals surface area contributed by atoms with Crippen LogP contribution in [0.2, 0.25) is 0 Å². The van der Waals surface area contributed by atoms with Crippen LogP contribution in [0.3, 0.4) is 0 Å². The lowest BCUT2D eigenvalue weighted by molar-refractivity contribution is -0.129. The second-order valence-electron chi connectivity index (χ2n) is 6.93. The standard InChI is InChI=1S/C18H22N2O2/c1-12-4-2-3-5-14(12)18(22)19-9-8-15-16(19)10-17(21)20(15)11-13-6-7-13/h2-5,13,15-16H,6-11H2,1H3. The number of amides is 2. The topological polar surface area (TPSA) is 40.6 Å². The maximum atomic E-state index is 12.9. The van der Waals surface area contributed by atoms with Crippen molar-refractivity contribution >= 4 is 11.8 Å². The average molecular weight is 298 g/mol. The zero-order chi connectivity index (χ0) is 15.3. The first kappa shape index (κ1) is 13.8. The molecule has 1 saturated carbocycles. The molecule has 0 bridgehead atoms. The second kappa shape index (κ2) is 5.11. The summed E-state index contributed by atoms with van der Waals surface area (Å²) in [6, 6.07) is 8.06. The van der Waals surface area contributed by atoms with E-state index in [1.807, 2.05) is 36.1 Å². The van der Waals surface area contributed by atoms with Crippen molar-refractivity contribution in [1.29, 1.82) is 0 Å². The molecular formula is C18H22N2O2. The van der Waals surface area contributed by atoms with Gasteiger partial charge in [0.1, 0.15) is 0 Å². The van der Waals surface area contributed by atoms with E-state index >= 15 is 0 Å². The lowest BCUT2D eigenvalue weighted by Crippen LogP contribution is -2.40. The van der Waals surface area contributed by atoms with Crippen molar-refractivity contribution in [2.75, 3.05) is 13.1 Å². The number of rotatable bonds is 3. The van der Waals surface area contributed by atoms with Crippen LogP contribution >= 0.6 is 0 Å². The molecule has 4 heteroatoms. The van der Waals surface area contributed by atoms with Gasteiger partial charge < -0.3 is 9.80 Å². The molecule has 0 aromatic heterocycles. The van der Waals surface area contributed by atoms with Crippen LogP contribution < -0.4 is 0 Å². The van der Waals surface area contributed by atoms with Gasteiger partial charge in [-0.25, -0.2) is 0 Å². The van der Waals surface area contributed by atoms with E-state index in [2.05, 4.69) is 4.90 Å². The molecule has 1 aromatic carbocycles. The molecule has 0 spiro atoms. The highest BCUT2D eigenvalue weighted by Gasteiger charge is 2.49. The molecule has 1 aliphatic carbocycles. The number of hydrogen-bond acceptors (Lipinski definition) is 2. The summed E-state index contributed by atoms with van der Waals surface area (Å²) in [5.41, 5.74) is 1.78. The minimum Gasteiger partial charge on any atom is -0.337 e. The van der Waals surface area contributed by atoms with E-state index < -0.39 is 0 Å². The number of carbonyl (C=O) groups is 2. The van der Waals surface area contributed by atoms with Crippen molar-refractivity contribution in [3.05, 3.63) is 35.4 Å². The van der Waals surface area contributed by atoms with Crippen molar-refractivity contribution in [2.45, 2.75) is 44.7 Å².